The van der Waals surface area contributed by atoms with Gasteiger partial charge in [0.25, 0.3) is 5.91 Å². The summed E-state index contributed by atoms with van der Waals surface area (Å²) >= 11 is 0. The number of anilines is 2. The maximum Gasteiger partial charge on any atom is 0.251 e. The highest BCUT2D eigenvalue weighted by molar-refractivity contribution is 5.94. The second-order valence-corrected chi connectivity index (χ2v) is 6.13. The van der Waals surface area contributed by atoms with E-state index in [1.807, 2.05) is 32.0 Å². The number of hydrogen-bond donors (Lipinski definition) is 3. The third-order valence-corrected chi connectivity index (χ3v) is 3.80. The van der Waals surface area contributed by atoms with Crippen molar-refractivity contribution in [2.24, 2.45) is 0 Å². The molecule has 7 heteroatoms. The van der Waals surface area contributed by atoms with Crippen molar-refractivity contribution in [2.45, 2.75) is 33.6 Å². The second-order valence-electron chi connectivity index (χ2n) is 6.13. The van der Waals surface area contributed by atoms with Crippen molar-refractivity contribution in [3.8, 4) is 5.75 Å². The van der Waals surface area contributed by atoms with E-state index in [-0.39, 0.29) is 5.91 Å². The van der Waals surface area contributed by atoms with Gasteiger partial charge in [0.2, 0.25) is 0 Å². The third-order valence-electron chi connectivity index (χ3n) is 3.80. The summed E-state index contributed by atoms with van der Waals surface area (Å²) in [6.07, 6.45) is 2.12. The molecular formula is C20H29N5O2. The first-order chi connectivity index (χ1) is 13.1. The molecule has 1 aromatic heterocycles. The lowest BCUT2D eigenvalue weighted by Gasteiger charge is -2.10. The molecule has 3 N–H and O–H groups in total. The van der Waals surface area contributed by atoms with Crippen molar-refractivity contribution in [1.29, 1.82) is 0 Å². The fourth-order valence-corrected chi connectivity index (χ4v) is 2.44. The molecule has 0 spiro atoms. The molecule has 146 valence electrons. The van der Waals surface area contributed by atoms with Gasteiger partial charge in [-0.15, -0.1) is 0 Å². The number of hydrogen-bond acceptors (Lipinski definition) is 6. The standard InChI is InChI=1S/C20H29N5O2/c1-4-6-13-27-17-9-7-16(8-10-17)20(26)23-12-11-22-19-14-18(21-5-2)24-15(3)25-19/h7-10,14H,4-6,11-13H2,1-3H3,(H,23,26)(H2,21,22,24,25). The monoisotopic (exact) mass is 371 g/mol. The molecule has 0 aliphatic rings. The third kappa shape index (κ3) is 7.13. The highest BCUT2D eigenvalue weighted by Gasteiger charge is 2.06. The van der Waals surface area contributed by atoms with Gasteiger partial charge in [-0.3, -0.25) is 4.79 Å². The Morgan fingerprint density at radius 3 is 2.41 bits per heavy atom. The molecular weight excluding hydrogens is 342 g/mol. The molecule has 2 aromatic rings. The highest BCUT2D eigenvalue weighted by Crippen LogP contribution is 2.13. The molecule has 0 aliphatic heterocycles. The molecule has 0 saturated carbocycles. The van der Waals surface area contributed by atoms with Crippen molar-refractivity contribution in [1.82, 2.24) is 15.3 Å². The van der Waals surface area contributed by atoms with Crippen LogP contribution in [-0.2, 0) is 0 Å². The Bertz CT molecular complexity index is 719. The van der Waals surface area contributed by atoms with Crippen molar-refractivity contribution < 1.29 is 9.53 Å². The van der Waals surface area contributed by atoms with E-state index in [1.54, 1.807) is 12.1 Å². The first-order valence-electron chi connectivity index (χ1n) is 9.46. The summed E-state index contributed by atoms with van der Waals surface area (Å²) in [6.45, 7) is 8.56. The van der Waals surface area contributed by atoms with Gasteiger partial charge in [0, 0.05) is 31.3 Å². The molecule has 1 amide bonds. The molecule has 1 heterocycles. The van der Waals surface area contributed by atoms with Gasteiger partial charge in [0.05, 0.1) is 6.61 Å². The molecule has 0 unspecified atom stereocenters. The summed E-state index contributed by atoms with van der Waals surface area (Å²) in [5.74, 6) is 2.90. The minimum atomic E-state index is -0.107. The summed E-state index contributed by atoms with van der Waals surface area (Å²) in [4.78, 5) is 20.9. The van der Waals surface area contributed by atoms with Gasteiger partial charge in [-0.25, -0.2) is 9.97 Å². The molecule has 0 atom stereocenters. The molecule has 27 heavy (non-hydrogen) atoms. The SMILES string of the molecule is CCCCOc1ccc(C(=O)NCCNc2cc(NCC)nc(C)n2)cc1. The number of carbonyl (C=O) groups is 1. The van der Waals surface area contributed by atoms with E-state index in [1.165, 1.54) is 0 Å². The van der Waals surface area contributed by atoms with E-state index in [0.717, 1.165) is 36.8 Å². The van der Waals surface area contributed by atoms with E-state index in [0.29, 0.717) is 31.1 Å². The van der Waals surface area contributed by atoms with E-state index < -0.39 is 0 Å². The molecule has 0 saturated heterocycles. The van der Waals surface area contributed by atoms with Crippen molar-refractivity contribution in [3.63, 3.8) is 0 Å². The molecule has 0 bridgehead atoms. The number of rotatable bonds is 11. The number of benzene rings is 1. The Kier molecular flexibility index (Phi) is 8.35. The van der Waals surface area contributed by atoms with Crippen LogP contribution in [0.1, 0.15) is 42.9 Å². The van der Waals surface area contributed by atoms with Gasteiger partial charge >= 0.3 is 0 Å². The number of carbonyl (C=O) groups excluding carboxylic acids is 1. The van der Waals surface area contributed by atoms with Crippen LogP contribution >= 0.6 is 0 Å². The summed E-state index contributed by atoms with van der Waals surface area (Å²) < 4.78 is 5.61. The Hall–Kier alpha value is -2.83. The van der Waals surface area contributed by atoms with Gasteiger partial charge in [0.1, 0.15) is 23.2 Å². The summed E-state index contributed by atoms with van der Waals surface area (Å²) in [5, 5.41) is 9.27. The predicted octanol–water partition coefficient (Wildman–Crippen LogP) is 3.24. The Balaban J connectivity index is 1.76. The number of nitrogens with one attached hydrogen (secondary N) is 3. The quantitative estimate of drug-likeness (QED) is 0.526. The maximum absolute atomic E-state index is 12.2. The summed E-state index contributed by atoms with van der Waals surface area (Å²) in [5.41, 5.74) is 0.616. The number of ether oxygens (including phenoxy) is 1. The molecule has 1 aromatic carbocycles. The van der Waals surface area contributed by atoms with E-state index >= 15 is 0 Å². The molecule has 7 nitrogen and oxygen atoms in total. The molecule has 0 radical (unpaired) electrons. The van der Waals surface area contributed by atoms with Crippen molar-refractivity contribution in [2.75, 3.05) is 36.9 Å². The highest BCUT2D eigenvalue weighted by atomic mass is 16.5. The van der Waals surface area contributed by atoms with Crippen LogP contribution in [0.2, 0.25) is 0 Å². The van der Waals surface area contributed by atoms with Gasteiger partial charge in [-0.2, -0.15) is 0 Å². The topological polar surface area (TPSA) is 88.2 Å². The van der Waals surface area contributed by atoms with Crippen LogP contribution < -0.4 is 20.7 Å². The lowest BCUT2D eigenvalue weighted by molar-refractivity contribution is 0.0955. The van der Waals surface area contributed by atoms with Gasteiger partial charge in [-0.05, 0) is 44.5 Å². The zero-order chi connectivity index (χ0) is 19.5. The summed E-state index contributed by atoms with van der Waals surface area (Å²) in [7, 11) is 0. The molecule has 0 fully saturated rings. The first-order valence-corrected chi connectivity index (χ1v) is 9.46. The zero-order valence-corrected chi connectivity index (χ0v) is 16.3. The average molecular weight is 371 g/mol. The average Bonchev–Trinajstić information content (AvgIpc) is 2.66. The predicted molar refractivity (Wildman–Crippen MR) is 109 cm³/mol. The lowest BCUT2D eigenvalue weighted by atomic mass is 10.2. The number of unbranched alkanes of at least 4 members (excludes halogenated alkanes) is 1. The van der Waals surface area contributed by atoms with Crippen LogP contribution in [0, 0.1) is 6.92 Å². The molecule has 0 aliphatic carbocycles. The van der Waals surface area contributed by atoms with Crippen LogP contribution in [0.3, 0.4) is 0 Å². The van der Waals surface area contributed by atoms with Crippen LogP contribution in [-0.4, -0.2) is 42.1 Å². The van der Waals surface area contributed by atoms with Gasteiger partial charge < -0.3 is 20.7 Å². The maximum atomic E-state index is 12.2. The largest absolute Gasteiger partial charge is 0.494 e. The van der Waals surface area contributed by atoms with E-state index in [9.17, 15) is 4.79 Å². The summed E-state index contributed by atoms with van der Waals surface area (Å²) in [6, 6.07) is 9.07. The number of aromatic nitrogens is 2. The van der Waals surface area contributed by atoms with Crippen LogP contribution in [0.15, 0.2) is 30.3 Å². The lowest BCUT2D eigenvalue weighted by Crippen LogP contribution is -2.28. The van der Waals surface area contributed by atoms with Gasteiger partial charge in [0.15, 0.2) is 0 Å². The fraction of sp³-hybridized carbons (Fsp3) is 0.450. The van der Waals surface area contributed by atoms with Crippen molar-refractivity contribution >= 4 is 17.5 Å². The minimum Gasteiger partial charge on any atom is -0.494 e. The first kappa shape index (κ1) is 20.5. The number of amides is 1. The smallest absolute Gasteiger partial charge is 0.251 e. The van der Waals surface area contributed by atoms with Crippen LogP contribution in [0.4, 0.5) is 11.6 Å². The van der Waals surface area contributed by atoms with Crippen LogP contribution in [0.5, 0.6) is 5.75 Å². The Morgan fingerprint density at radius 1 is 1.04 bits per heavy atom. The number of nitrogens with zero attached hydrogens (tertiary/aromatic N) is 2. The fourth-order valence-electron chi connectivity index (χ4n) is 2.44. The van der Waals surface area contributed by atoms with Gasteiger partial charge in [-0.1, -0.05) is 13.3 Å². The normalized spacial score (nSPS) is 10.3. The zero-order valence-electron chi connectivity index (χ0n) is 16.3. The van der Waals surface area contributed by atoms with Crippen LogP contribution in [0.25, 0.3) is 0 Å². The Labute approximate surface area is 161 Å². The van der Waals surface area contributed by atoms with E-state index in [2.05, 4.69) is 32.8 Å². The number of aryl methyl sites for hydroxylation is 1. The van der Waals surface area contributed by atoms with Crippen molar-refractivity contribution in [3.05, 3.63) is 41.7 Å². The molecule has 2 rings (SSSR count). The van der Waals surface area contributed by atoms with E-state index in [4.69, 9.17) is 4.74 Å². The minimum absolute atomic E-state index is 0.107. The second kappa shape index (κ2) is 11.0. The Morgan fingerprint density at radius 2 is 1.74 bits per heavy atom.